The maximum atomic E-state index is 13.3. The summed E-state index contributed by atoms with van der Waals surface area (Å²) in [5.74, 6) is -0.895. The van der Waals surface area contributed by atoms with Gasteiger partial charge in [0.25, 0.3) is 0 Å². The average Bonchev–Trinajstić information content (AvgIpc) is 2.63. The molecule has 25 heavy (non-hydrogen) atoms. The van der Waals surface area contributed by atoms with Crippen LogP contribution in [0.25, 0.3) is 0 Å². The first kappa shape index (κ1) is 17.4. The first-order chi connectivity index (χ1) is 12.1. The molecule has 1 aliphatic rings. The number of Topliss-reactive ketones (excluding diaryl/α,β-unsaturated/α-hetero) is 1. The van der Waals surface area contributed by atoms with Crippen LogP contribution in [-0.4, -0.2) is 30.3 Å². The number of carbonyl (C=O) groups is 1. The summed E-state index contributed by atoms with van der Waals surface area (Å²) >= 11 is 1.28. The van der Waals surface area contributed by atoms with Crippen molar-refractivity contribution in [3.8, 4) is 11.5 Å². The largest absolute Gasteiger partial charge is 0.486 e. The van der Waals surface area contributed by atoms with Crippen LogP contribution in [0.1, 0.15) is 16.8 Å². The highest BCUT2D eigenvalue weighted by Gasteiger charge is 2.16. The lowest BCUT2D eigenvalue weighted by molar-refractivity contribution is 0.1000. The van der Waals surface area contributed by atoms with Crippen LogP contribution >= 0.6 is 11.8 Å². The van der Waals surface area contributed by atoms with Crippen molar-refractivity contribution in [2.75, 3.05) is 19.5 Å². The molecule has 0 spiro atoms. The van der Waals surface area contributed by atoms with Crippen LogP contribution in [-0.2, 0) is 0 Å². The Bertz CT molecular complexity index is 839. The number of halogens is 2. The SMILES string of the molecule is CSC(CC(=O)c1ccc2c(c1)OCCO2)=Nc1ccc(F)c(F)c1. The fourth-order valence-electron chi connectivity index (χ4n) is 2.31. The Morgan fingerprint density at radius 1 is 1.08 bits per heavy atom. The second-order valence-electron chi connectivity index (χ2n) is 5.27. The molecule has 130 valence electrons. The Morgan fingerprint density at radius 3 is 2.56 bits per heavy atom. The summed E-state index contributed by atoms with van der Waals surface area (Å²) in [6.45, 7) is 0.927. The van der Waals surface area contributed by atoms with Crippen molar-refractivity contribution in [2.45, 2.75) is 6.42 Å². The minimum atomic E-state index is -0.972. The molecule has 7 heteroatoms. The number of hydrogen-bond acceptors (Lipinski definition) is 5. The van der Waals surface area contributed by atoms with Gasteiger partial charge >= 0.3 is 0 Å². The van der Waals surface area contributed by atoms with Gasteiger partial charge in [-0.2, -0.15) is 0 Å². The van der Waals surface area contributed by atoms with Crippen molar-refractivity contribution in [1.29, 1.82) is 0 Å². The molecule has 1 aliphatic heterocycles. The third-order valence-corrected chi connectivity index (χ3v) is 4.28. The molecular formula is C18H15F2NO3S. The van der Waals surface area contributed by atoms with Gasteiger partial charge in [0.1, 0.15) is 13.2 Å². The van der Waals surface area contributed by atoms with Gasteiger partial charge in [-0.3, -0.25) is 4.79 Å². The zero-order valence-electron chi connectivity index (χ0n) is 13.4. The highest BCUT2D eigenvalue weighted by Crippen LogP contribution is 2.31. The van der Waals surface area contributed by atoms with E-state index in [-0.39, 0.29) is 17.9 Å². The van der Waals surface area contributed by atoms with Crippen molar-refractivity contribution in [3.63, 3.8) is 0 Å². The molecule has 0 bridgehead atoms. The third kappa shape index (κ3) is 4.17. The molecule has 2 aromatic rings. The lowest BCUT2D eigenvalue weighted by Crippen LogP contribution is -2.16. The maximum absolute atomic E-state index is 13.3. The molecule has 0 radical (unpaired) electrons. The minimum Gasteiger partial charge on any atom is -0.486 e. The predicted molar refractivity (Wildman–Crippen MR) is 93.3 cm³/mol. The molecular weight excluding hydrogens is 348 g/mol. The Labute approximate surface area is 147 Å². The highest BCUT2D eigenvalue weighted by molar-refractivity contribution is 8.13. The molecule has 0 amide bonds. The summed E-state index contributed by atoms with van der Waals surface area (Å²) in [4.78, 5) is 16.7. The van der Waals surface area contributed by atoms with E-state index in [0.717, 1.165) is 12.1 Å². The number of ketones is 1. The van der Waals surface area contributed by atoms with Crippen molar-refractivity contribution in [1.82, 2.24) is 0 Å². The third-order valence-electron chi connectivity index (χ3n) is 3.57. The standard InChI is InChI=1S/C18H15F2NO3S/c1-25-18(21-12-3-4-13(19)14(20)9-12)10-15(22)11-2-5-16-17(8-11)24-7-6-23-16/h2-5,8-9H,6-7,10H2,1H3. The fraction of sp³-hybridized carbons (Fsp3) is 0.222. The van der Waals surface area contributed by atoms with Gasteiger partial charge in [0.2, 0.25) is 0 Å². The molecule has 0 aliphatic carbocycles. The van der Waals surface area contributed by atoms with Crippen LogP contribution in [0.15, 0.2) is 41.4 Å². The van der Waals surface area contributed by atoms with Gasteiger partial charge in [0, 0.05) is 11.6 Å². The second-order valence-corrected chi connectivity index (χ2v) is 6.15. The molecule has 0 N–H and O–H groups in total. The van der Waals surface area contributed by atoms with Crippen LogP contribution in [0.5, 0.6) is 11.5 Å². The van der Waals surface area contributed by atoms with Gasteiger partial charge < -0.3 is 9.47 Å². The fourth-order valence-corrected chi connectivity index (χ4v) is 2.78. The summed E-state index contributed by atoms with van der Waals surface area (Å²) in [7, 11) is 0. The van der Waals surface area contributed by atoms with E-state index in [1.54, 1.807) is 24.5 Å². The Balaban J connectivity index is 1.77. The Hall–Kier alpha value is -2.41. The Kier molecular flexibility index (Phi) is 5.33. The van der Waals surface area contributed by atoms with E-state index in [1.165, 1.54) is 17.8 Å². The first-order valence-corrected chi connectivity index (χ1v) is 8.79. The number of aliphatic imine (C=N–C) groups is 1. The molecule has 0 saturated carbocycles. The highest BCUT2D eigenvalue weighted by atomic mass is 32.2. The van der Waals surface area contributed by atoms with E-state index in [4.69, 9.17) is 9.47 Å². The first-order valence-electron chi connectivity index (χ1n) is 7.56. The predicted octanol–water partition coefficient (Wildman–Crippen LogP) is 4.40. The van der Waals surface area contributed by atoms with Gasteiger partial charge in [-0.1, -0.05) is 0 Å². The summed E-state index contributed by atoms with van der Waals surface area (Å²) in [5, 5.41) is 0.505. The van der Waals surface area contributed by atoms with Crippen molar-refractivity contribution >= 4 is 28.3 Å². The Morgan fingerprint density at radius 2 is 1.84 bits per heavy atom. The maximum Gasteiger partial charge on any atom is 0.169 e. The number of rotatable bonds is 4. The average molecular weight is 363 g/mol. The molecule has 1 heterocycles. The van der Waals surface area contributed by atoms with Gasteiger partial charge in [0.15, 0.2) is 28.9 Å². The normalized spacial score (nSPS) is 13.6. The number of nitrogens with zero attached hydrogens (tertiary/aromatic N) is 1. The topological polar surface area (TPSA) is 47.9 Å². The number of benzene rings is 2. The monoisotopic (exact) mass is 363 g/mol. The zero-order chi connectivity index (χ0) is 17.8. The smallest absolute Gasteiger partial charge is 0.169 e. The van der Waals surface area contributed by atoms with Crippen LogP contribution in [0.3, 0.4) is 0 Å². The van der Waals surface area contributed by atoms with E-state index >= 15 is 0 Å². The number of ether oxygens (including phenoxy) is 2. The van der Waals surface area contributed by atoms with Gasteiger partial charge in [-0.25, -0.2) is 13.8 Å². The molecule has 0 fully saturated rings. The van der Waals surface area contributed by atoms with E-state index in [2.05, 4.69) is 4.99 Å². The number of hydrogen-bond donors (Lipinski definition) is 0. The van der Waals surface area contributed by atoms with Crippen LogP contribution in [0.4, 0.5) is 14.5 Å². The van der Waals surface area contributed by atoms with Gasteiger partial charge in [0.05, 0.1) is 17.2 Å². The van der Waals surface area contributed by atoms with Crippen LogP contribution in [0, 0.1) is 11.6 Å². The second kappa shape index (κ2) is 7.65. The van der Waals surface area contributed by atoms with Crippen molar-refractivity contribution in [3.05, 3.63) is 53.6 Å². The van der Waals surface area contributed by atoms with E-state index in [0.29, 0.717) is 35.3 Å². The quantitative estimate of drug-likeness (QED) is 0.459. The summed E-state index contributed by atoms with van der Waals surface area (Å²) in [5.41, 5.74) is 0.745. The van der Waals surface area contributed by atoms with Crippen LogP contribution < -0.4 is 9.47 Å². The molecule has 0 unspecified atom stereocenters. The molecule has 0 atom stereocenters. The zero-order valence-corrected chi connectivity index (χ0v) is 14.2. The summed E-state index contributed by atoms with van der Waals surface area (Å²) in [6.07, 6.45) is 1.83. The molecule has 4 nitrogen and oxygen atoms in total. The van der Waals surface area contributed by atoms with Gasteiger partial charge in [-0.15, -0.1) is 11.8 Å². The summed E-state index contributed by atoms with van der Waals surface area (Å²) in [6, 6.07) is 8.39. The lowest BCUT2D eigenvalue weighted by Gasteiger charge is -2.18. The molecule has 2 aromatic carbocycles. The van der Waals surface area contributed by atoms with Crippen molar-refractivity contribution < 1.29 is 23.0 Å². The van der Waals surface area contributed by atoms with E-state index in [9.17, 15) is 13.6 Å². The molecule has 3 rings (SSSR count). The van der Waals surface area contributed by atoms with E-state index in [1.807, 2.05) is 0 Å². The lowest BCUT2D eigenvalue weighted by atomic mass is 10.1. The van der Waals surface area contributed by atoms with Crippen LogP contribution in [0.2, 0.25) is 0 Å². The number of carbonyl (C=O) groups excluding carboxylic acids is 1. The number of fused-ring (bicyclic) bond motifs is 1. The molecule has 0 saturated heterocycles. The number of thioether (sulfide) groups is 1. The summed E-state index contributed by atoms with van der Waals surface area (Å²) < 4.78 is 37.2. The van der Waals surface area contributed by atoms with E-state index < -0.39 is 11.6 Å². The van der Waals surface area contributed by atoms with Gasteiger partial charge in [-0.05, 0) is 36.6 Å². The molecule has 0 aromatic heterocycles. The minimum absolute atomic E-state index is 0.0554. The van der Waals surface area contributed by atoms with Crippen molar-refractivity contribution in [2.24, 2.45) is 4.99 Å².